The first-order valence-corrected chi connectivity index (χ1v) is 12.5. The Morgan fingerprint density at radius 2 is 1.68 bits per heavy atom. The van der Waals surface area contributed by atoms with Crippen molar-refractivity contribution in [1.29, 1.82) is 0 Å². The van der Waals surface area contributed by atoms with Crippen molar-refractivity contribution in [3.8, 4) is 0 Å². The van der Waals surface area contributed by atoms with E-state index >= 15 is 0 Å². The van der Waals surface area contributed by atoms with E-state index in [0.29, 0.717) is 29.3 Å². The molecule has 0 radical (unpaired) electrons. The van der Waals surface area contributed by atoms with Crippen LogP contribution < -0.4 is 10.6 Å². The van der Waals surface area contributed by atoms with Crippen molar-refractivity contribution in [2.45, 2.75) is 84.6 Å². The molecule has 0 spiro atoms. The monoisotopic (exact) mass is 446 g/mol. The van der Waals surface area contributed by atoms with Crippen LogP contribution >= 0.6 is 11.3 Å². The minimum Gasteiger partial charge on any atom is -0.481 e. The molecule has 0 saturated heterocycles. The van der Waals surface area contributed by atoms with Gasteiger partial charge in [0.15, 0.2) is 0 Å². The van der Waals surface area contributed by atoms with Crippen molar-refractivity contribution >= 4 is 34.1 Å². The lowest BCUT2D eigenvalue weighted by Crippen LogP contribution is -2.36. The number of carbonyl (C=O) groups excluding carboxylic acids is 2. The van der Waals surface area contributed by atoms with Crippen molar-refractivity contribution in [2.75, 3.05) is 5.32 Å². The summed E-state index contributed by atoms with van der Waals surface area (Å²) >= 11 is 1.52. The zero-order chi connectivity index (χ0) is 22.3. The molecule has 6 nitrogen and oxygen atoms in total. The maximum absolute atomic E-state index is 13.1. The third kappa shape index (κ3) is 4.81. The van der Waals surface area contributed by atoms with Crippen LogP contribution in [-0.4, -0.2) is 28.9 Å². The second-order valence-electron chi connectivity index (χ2n) is 10.6. The minimum absolute atomic E-state index is 0.0945. The average molecular weight is 447 g/mol. The Hall–Kier alpha value is -1.89. The number of thiophene rings is 1. The number of amides is 2. The van der Waals surface area contributed by atoms with Crippen LogP contribution in [0.3, 0.4) is 0 Å². The Balaban J connectivity index is 1.61. The highest BCUT2D eigenvalue weighted by atomic mass is 32.1. The van der Waals surface area contributed by atoms with E-state index in [4.69, 9.17) is 0 Å². The maximum Gasteiger partial charge on any atom is 0.307 e. The summed E-state index contributed by atoms with van der Waals surface area (Å²) in [7, 11) is 0. The number of aliphatic carboxylic acids is 1. The van der Waals surface area contributed by atoms with Crippen LogP contribution in [0.5, 0.6) is 0 Å². The van der Waals surface area contributed by atoms with Crippen LogP contribution in [0.1, 0.15) is 86.5 Å². The number of carboxylic acid groups (broad SMARTS) is 1. The predicted octanol–water partition coefficient (Wildman–Crippen LogP) is 4.62. The molecular weight excluding hydrogens is 412 g/mol. The molecule has 170 valence electrons. The first-order chi connectivity index (χ1) is 14.6. The third-order valence-corrected chi connectivity index (χ3v) is 8.46. The summed E-state index contributed by atoms with van der Waals surface area (Å²) in [6.07, 6.45) is 7.65. The Bertz CT molecular complexity index is 881. The molecule has 4 rings (SSSR count). The van der Waals surface area contributed by atoms with Gasteiger partial charge in [0, 0.05) is 10.9 Å². The molecule has 2 amide bonds. The molecule has 31 heavy (non-hydrogen) atoms. The van der Waals surface area contributed by atoms with Gasteiger partial charge in [-0.2, -0.15) is 0 Å². The van der Waals surface area contributed by atoms with Crippen LogP contribution in [0.15, 0.2) is 0 Å². The first-order valence-electron chi connectivity index (χ1n) is 11.6. The van der Waals surface area contributed by atoms with Gasteiger partial charge in [-0.25, -0.2) is 0 Å². The fraction of sp³-hybridized carbons (Fsp3) is 0.708. The van der Waals surface area contributed by atoms with Gasteiger partial charge in [-0.3, -0.25) is 14.4 Å². The molecule has 1 aromatic heterocycles. The third-order valence-electron chi connectivity index (χ3n) is 7.29. The average Bonchev–Trinajstić information content (AvgIpc) is 3.44. The topological polar surface area (TPSA) is 95.5 Å². The second kappa shape index (κ2) is 8.57. The molecule has 0 bridgehead atoms. The van der Waals surface area contributed by atoms with E-state index in [1.54, 1.807) is 0 Å². The van der Waals surface area contributed by atoms with Crippen molar-refractivity contribution in [3.63, 3.8) is 0 Å². The number of fused-ring (bicyclic) bond motifs is 1. The van der Waals surface area contributed by atoms with E-state index in [-0.39, 0.29) is 23.3 Å². The summed E-state index contributed by atoms with van der Waals surface area (Å²) in [5.41, 5.74) is 1.89. The fourth-order valence-corrected chi connectivity index (χ4v) is 6.41. The van der Waals surface area contributed by atoms with E-state index in [2.05, 4.69) is 31.4 Å². The van der Waals surface area contributed by atoms with Crippen LogP contribution in [0.2, 0.25) is 0 Å². The Kier molecular flexibility index (Phi) is 6.16. The molecule has 1 aromatic rings. The Morgan fingerprint density at radius 3 is 2.29 bits per heavy atom. The Morgan fingerprint density at radius 1 is 1.00 bits per heavy atom. The number of rotatable bonds is 5. The van der Waals surface area contributed by atoms with E-state index < -0.39 is 17.8 Å². The smallest absolute Gasteiger partial charge is 0.307 e. The van der Waals surface area contributed by atoms with E-state index in [1.807, 2.05) is 0 Å². The van der Waals surface area contributed by atoms with Crippen LogP contribution in [0, 0.1) is 23.2 Å². The van der Waals surface area contributed by atoms with Gasteiger partial charge >= 0.3 is 5.97 Å². The minimum atomic E-state index is -0.898. The molecule has 3 atom stereocenters. The summed E-state index contributed by atoms with van der Waals surface area (Å²) in [4.78, 5) is 39.1. The zero-order valence-electron chi connectivity index (χ0n) is 18.8. The number of anilines is 1. The normalized spacial score (nSPS) is 26.1. The number of carboxylic acids is 1. The predicted molar refractivity (Wildman–Crippen MR) is 121 cm³/mol. The lowest BCUT2D eigenvalue weighted by molar-refractivity contribution is -0.147. The van der Waals surface area contributed by atoms with Gasteiger partial charge in [0.1, 0.15) is 5.00 Å². The number of carbonyl (C=O) groups is 3. The highest BCUT2D eigenvalue weighted by molar-refractivity contribution is 7.17. The molecule has 3 aliphatic rings. The summed E-state index contributed by atoms with van der Waals surface area (Å²) < 4.78 is 0. The van der Waals surface area contributed by atoms with Gasteiger partial charge in [0.2, 0.25) is 5.91 Å². The second-order valence-corrected chi connectivity index (χ2v) is 11.7. The maximum atomic E-state index is 13.1. The lowest BCUT2D eigenvalue weighted by Gasteiger charge is -2.33. The standard InChI is InChI=1S/C24H34N2O4S/c1-24(2,3)13-8-11-17-18(12-13)31-22(19(17)21(28)25-14-9-10-14)26-20(27)15-6-4-5-7-16(15)23(29)30/h13-16H,4-12H2,1-3H3,(H,25,28)(H,26,27)(H,29,30)/t13-,15+,16+/m1/s1. The molecule has 3 N–H and O–H groups in total. The molecular formula is C24H34N2O4S. The SMILES string of the molecule is CC(C)(C)[C@@H]1CCc2c(sc(NC(=O)[C@H]3CCCC[C@@H]3C(=O)O)c2C(=O)NC2CC2)C1. The highest BCUT2D eigenvalue weighted by Crippen LogP contribution is 2.45. The van der Waals surface area contributed by atoms with Crippen LogP contribution in [0.4, 0.5) is 5.00 Å². The lowest BCUT2D eigenvalue weighted by atomic mass is 9.72. The molecule has 7 heteroatoms. The van der Waals surface area contributed by atoms with Gasteiger partial charge in [0.05, 0.1) is 17.4 Å². The van der Waals surface area contributed by atoms with Crippen molar-refractivity contribution in [3.05, 3.63) is 16.0 Å². The first kappa shape index (κ1) is 22.3. The Labute approximate surface area is 188 Å². The summed E-state index contributed by atoms with van der Waals surface area (Å²) in [6, 6.07) is 0.243. The molecule has 0 unspecified atom stereocenters. The summed E-state index contributed by atoms with van der Waals surface area (Å²) in [5.74, 6) is -1.88. The van der Waals surface area contributed by atoms with E-state index in [0.717, 1.165) is 50.5 Å². The number of hydrogen-bond acceptors (Lipinski definition) is 4. The van der Waals surface area contributed by atoms with Gasteiger partial charge in [-0.05, 0) is 61.8 Å². The summed E-state index contributed by atoms with van der Waals surface area (Å²) in [5, 5.41) is 16.3. The van der Waals surface area contributed by atoms with Crippen LogP contribution in [0.25, 0.3) is 0 Å². The largest absolute Gasteiger partial charge is 0.481 e. The van der Waals surface area contributed by atoms with Crippen molar-refractivity contribution in [1.82, 2.24) is 5.32 Å². The number of nitrogens with one attached hydrogen (secondary N) is 2. The van der Waals surface area contributed by atoms with Crippen molar-refractivity contribution in [2.24, 2.45) is 23.2 Å². The molecule has 0 aliphatic heterocycles. The van der Waals surface area contributed by atoms with Crippen molar-refractivity contribution < 1.29 is 19.5 Å². The molecule has 2 fully saturated rings. The van der Waals surface area contributed by atoms with E-state index in [9.17, 15) is 19.5 Å². The summed E-state index contributed by atoms with van der Waals surface area (Å²) in [6.45, 7) is 6.78. The van der Waals surface area contributed by atoms with Gasteiger partial charge in [-0.1, -0.05) is 33.6 Å². The highest BCUT2D eigenvalue weighted by Gasteiger charge is 2.38. The number of hydrogen-bond donors (Lipinski definition) is 3. The van der Waals surface area contributed by atoms with E-state index in [1.165, 1.54) is 16.2 Å². The zero-order valence-corrected chi connectivity index (χ0v) is 19.6. The van der Waals surface area contributed by atoms with Gasteiger partial charge in [-0.15, -0.1) is 11.3 Å². The fourth-order valence-electron chi connectivity index (χ4n) is 5.08. The molecule has 1 heterocycles. The van der Waals surface area contributed by atoms with Gasteiger partial charge in [0.25, 0.3) is 5.91 Å². The molecule has 2 saturated carbocycles. The molecule has 3 aliphatic carbocycles. The molecule has 0 aromatic carbocycles. The van der Waals surface area contributed by atoms with Crippen LogP contribution in [-0.2, 0) is 22.4 Å². The quantitative estimate of drug-likeness (QED) is 0.615. The van der Waals surface area contributed by atoms with Gasteiger partial charge < -0.3 is 15.7 Å².